The molecule has 2 heterocycles. The number of nitrogens with one attached hydrogen (secondary N) is 1. The lowest BCUT2D eigenvalue weighted by Gasteiger charge is -2.33. The van der Waals surface area contributed by atoms with Crippen LogP contribution >= 0.6 is 23.2 Å². The molecule has 1 aliphatic heterocycles. The van der Waals surface area contributed by atoms with Crippen molar-refractivity contribution in [2.24, 2.45) is 0 Å². The van der Waals surface area contributed by atoms with E-state index in [0.29, 0.717) is 58.9 Å². The fourth-order valence-corrected chi connectivity index (χ4v) is 5.29. The van der Waals surface area contributed by atoms with Gasteiger partial charge in [0.25, 0.3) is 5.89 Å². The van der Waals surface area contributed by atoms with Gasteiger partial charge in [0, 0.05) is 53.0 Å². The molecule has 0 spiro atoms. The van der Waals surface area contributed by atoms with Crippen molar-refractivity contribution in [2.45, 2.75) is 18.3 Å². The molecule has 188 valence electrons. The molecule has 2 fully saturated rings. The summed E-state index contributed by atoms with van der Waals surface area (Å²) >= 11 is 13.3. The number of hydrogen-bond donors (Lipinski definition) is 2. The van der Waals surface area contributed by atoms with Gasteiger partial charge in [0.05, 0.1) is 12.0 Å². The number of anilines is 1. The fraction of sp³-hybridized carbons (Fsp3) is 0.333. The van der Waals surface area contributed by atoms with Gasteiger partial charge in [-0.2, -0.15) is 4.98 Å². The molecular weight excluding hydrogens is 512 g/mol. The molecule has 0 unspecified atom stereocenters. The molecule has 2 N–H and O–H groups in total. The number of rotatable bonds is 6. The standard InChI is InChI=1S/C24H22Cl2FN5O4/c25-17-11-16(28-23(35)32-9-7-31(8-10-32)13-19(33)34)12-18(26)20(17)24(5-6-24)22-29-21(36-30-22)14-1-3-15(27)4-2-14/h1-4,11-12H,5-10,13H2,(H,28,35)(H,33,34). The molecule has 12 heteroatoms. The molecule has 0 radical (unpaired) electrons. The summed E-state index contributed by atoms with van der Waals surface area (Å²) in [6, 6.07) is 8.75. The molecule has 2 aliphatic rings. The average Bonchev–Trinajstić information content (AvgIpc) is 3.46. The highest BCUT2D eigenvalue weighted by Crippen LogP contribution is 2.57. The van der Waals surface area contributed by atoms with Gasteiger partial charge in [0.1, 0.15) is 5.82 Å². The Kier molecular flexibility index (Phi) is 6.59. The second-order valence-electron chi connectivity index (χ2n) is 8.91. The predicted octanol–water partition coefficient (Wildman–Crippen LogP) is 4.50. The molecule has 0 atom stereocenters. The molecule has 9 nitrogen and oxygen atoms in total. The largest absolute Gasteiger partial charge is 0.480 e. The summed E-state index contributed by atoms with van der Waals surface area (Å²) in [5, 5.41) is 16.6. The highest BCUT2D eigenvalue weighted by molar-refractivity contribution is 6.37. The molecule has 1 aromatic heterocycles. The average molecular weight is 534 g/mol. The van der Waals surface area contributed by atoms with Gasteiger partial charge in [-0.1, -0.05) is 28.4 Å². The van der Waals surface area contributed by atoms with Crippen molar-refractivity contribution in [3.8, 4) is 11.5 Å². The van der Waals surface area contributed by atoms with Crippen LogP contribution in [0.1, 0.15) is 24.2 Å². The van der Waals surface area contributed by atoms with E-state index in [4.69, 9.17) is 32.8 Å². The van der Waals surface area contributed by atoms with E-state index in [9.17, 15) is 14.0 Å². The first-order valence-corrected chi connectivity index (χ1v) is 12.1. The van der Waals surface area contributed by atoms with Crippen LogP contribution in [0.4, 0.5) is 14.9 Å². The molecule has 3 aromatic rings. The Balaban J connectivity index is 1.30. The van der Waals surface area contributed by atoms with E-state index in [1.165, 1.54) is 12.1 Å². The van der Waals surface area contributed by atoms with Gasteiger partial charge in [-0.15, -0.1) is 0 Å². The summed E-state index contributed by atoms with van der Waals surface area (Å²) in [6.07, 6.45) is 1.45. The van der Waals surface area contributed by atoms with Crippen molar-refractivity contribution in [1.29, 1.82) is 0 Å². The minimum atomic E-state index is -0.891. The van der Waals surface area contributed by atoms with E-state index in [-0.39, 0.29) is 24.3 Å². The van der Waals surface area contributed by atoms with E-state index < -0.39 is 11.4 Å². The zero-order valence-electron chi connectivity index (χ0n) is 19.0. The number of piperazine rings is 1. The smallest absolute Gasteiger partial charge is 0.321 e. The number of carbonyl (C=O) groups excluding carboxylic acids is 1. The van der Waals surface area contributed by atoms with Crippen molar-refractivity contribution < 1.29 is 23.6 Å². The summed E-state index contributed by atoms with van der Waals surface area (Å²) in [5.41, 5.74) is 1.11. The number of halogens is 3. The number of carboxylic acid groups (broad SMARTS) is 1. The Bertz CT molecular complexity index is 1280. The molecular formula is C24H22Cl2FN5O4. The molecule has 36 heavy (non-hydrogen) atoms. The lowest BCUT2D eigenvalue weighted by Crippen LogP contribution is -2.51. The van der Waals surface area contributed by atoms with Crippen LogP contribution in [0.25, 0.3) is 11.5 Å². The number of urea groups is 1. The molecule has 1 saturated carbocycles. The Hall–Kier alpha value is -3.21. The second kappa shape index (κ2) is 9.68. The van der Waals surface area contributed by atoms with Gasteiger partial charge in [-0.3, -0.25) is 9.69 Å². The SMILES string of the molecule is O=C(O)CN1CCN(C(=O)Nc2cc(Cl)c(C3(c4noc(-c5ccc(F)cc5)n4)CC3)c(Cl)c2)CC1. The van der Waals surface area contributed by atoms with Crippen LogP contribution < -0.4 is 5.32 Å². The maximum absolute atomic E-state index is 13.2. The summed E-state index contributed by atoms with van der Waals surface area (Å²) in [7, 11) is 0. The monoisotopic (exact) mass is 533 g/mol. The highest BCUT2D eigenvalue weighted by Gasteiger charge is 2.52. The summed E-state index contributed by atoms with van der Waals surface area (Å²) < 4.78 is 18.7. The van der Waals surface area contributed by atoms with Crippen LogP contribution in [0.5, 0.6) is 0 Å². The normalized spacial score (nSPS) is 17.1. The highest BCUT2D eigenvalue weighted by atomic mass is 35.5. The fourth-order valence-electron chi connectivity index (χ4n) is 4.44. The number of carbonyl (C=O) groups is 2. The molecule has 0 bridgehead atoms. The molecule has 2 aromatic carbocycles. The Morgan fingerprint density at radius 3 is 2.31 bits per heavy atom. The van der Waals surface area contributed by atoms with Crippen LogP contribution in [0, 0.1) is 5.82 Å². The molecule has 1 aliphatic carbocycles. The first-order chi connectivity index (χ1) is 17.2. The van der Waals surface area contributed by atoms with Crippen LogP contribution in [0.3, 0.4) is 0 Å². The number of benzene rings is 2. The number of hydrogen-bond acceptors (Lipinski definition) is 6. The van der Waals surface area contributed by atoms with Crippen molar-refractivity contribution in [3.05, 3.63) is 63.6 Å². The maximum atomic E-state index is 13.2. The maximum Gasteiger partial charge on any atom is 0.321 e. The number of aromatic nitrogens is 2. The van der Waals surface area contributed by atoms with Gasteiger partial charge in [-0.25, -0.2) is 9.18 Å². The molecule has 5 rings (SSSR count). The molecule has 1 saturated heterocycles. The minimum Gasteiger partial charge on any atom is -0.480 e. The second-order valence-corrected chi connectivity index (χ2v) is 9.73. The topological polar surface area (TPSA) is 112 Å². The molecule has 2 amide bonds. The number of aliphatic carboxylic acids is 1. The van der Waals surface area contributed by atoms with Crippen LogP contribution in [0.2, 0.25) is 10.0 Å². The first-order valence-electron chi connectivity index (χ1n) is 11.3. The van der Waals surface area contributed by atoms with E-state index >= 15 is 0 Å². The van der Waals surface area contributed by atoms with Crippen molar-refractivity contribution >= 4 is 40.9 Å². The Morgan fingerprint density at radius 2 is 1.72 bits per heavy atom. The summed E-state index contributed by atoms with van der Waals surface area (Å²) in [5.74, 6) is -0.529. The van der Waals surface area contributed by atoms with Crippen LogP contribution in [-0.4, -0.2) is 69.8 Å². The number of carboxylic acids is 1. The quantitative estimate of drug-likeness (QED) is 0.479. The van der Waals surface area contributed by atoms with Gasteiger partial charge >= 0.3 is 12.0 Å². The van der Waals surface area contributed by atoms with Gasteiger partial charge in [0.15, 0.2) is 5.82 Å². The Labute approximate surface area is 215 Å². The number of nitrogens with zero attached hydrogens (tertiary/aromatic N) is 4. The van der Waals surface area contributed by atoms with E-state index in [2.05, 4.69) is 15.5 Å². The van der Waals surface area contributed by atoms with Crippen LogP contribution in [0.15, 0.2) is 40.9 Å². The Morgan fingerprint density at radius 1 is 1.08 bits per heavy atom. The predicted molar refractivity (Wildman–Crippen MR) is 131 cm³/mol. The minimum absolute atomic E-state index is 0.0460. The third kappa shape index (κ3) is 4.88. The van der Waals surface area contributed by atoms with Crippen molar-refractivity contribution in [1.82, 2.24) is 19.9 Å². The first kappa shape index (κ1) is 24.5. The van der Waals surface area contributed by atoms with Gasteiger partial charge in [0.2, 0.25) is 0 Å². The third-order valence-corrected chi connectivity index (χ3v) is 7.08. The summed E-state index contributed by atoms with van der Waals surface area (Å²) in [6.45, 7) is 1.74. The van der Waals surface area contributed by atoms with E-state index in [1.807, 2.05) is 0 Å². The van der Waals surface area contributed by atoms with Crippen molar-refractivity contribution in [2.75, 3.05) is 38.0 Å². The van der Waals surface area contributed by atoms with E-state index in [1.54, 1.807) is 34.1 Å². The van der Waals surface area contributed by atoms with Crippen molar-refractivity contribution in [3.63, 3.8) is 0 Å². The third-order valence-electron chi connectivity index (χ3n) is 6.49. The number of amides is 2. The lowest BCUT2D eigenvalue weighted by atomic mass is 9.94. The zero-order chi connectivity index (χ0) is 25.4. The summed E-state index contributed by atoms with van der Waals surface area (Å²) in [4.78, 5) is 31.5. The van der Waals surface area contributed by atoms with Gasteiger partial charge < -0.3 is 19.8 Å². The van der Waals surface area contributed by atoms with Crippen LogP contribution in [-0.2, 0) is 10.2 Å². The lowest BCUT2D eigenvalue weighted by molar-refractivity contribution is -0.138. The van der Waals surface area contributed by atoms with Gasteiger partial charge in [-0.05, 0) is 49.2 Å². The van der Waals surface area contributed by atoms with E-state index in [0.717, 1.165) is 12.8 Å². The zero-order valence-corrected chi connectivity index (χ0v) is 20.5.